The molecular formula is C32H29ClN2O4. The van der Waals surface area contributed by atoms with Crippen molar-refractivity contribution in [3.05, 3.63) is 94.5 Å². The number of anilines is 2. The third-order valence-corrected chi connectivity index (χ3v) is 8.49. The molecular weight excluding hydrogens is 512 g/mol. The predicted molar refractivity (Wildman–Crippen MR) is 153 cm³/mol. The molecule has 3 aromatic carbocycles. The second-order valence-corrected chi connectivity index (χ2v) is 11.8. The highest BCUT2D eigenvalue weighted by atomic mass is 35.5. The highest BCUT2D eigenvalue weighted by molar-refractivity contribution is 6.31. The Morgan fingerprint density at radius 2 is 1.74 bits per heavy atom. The molecule has 1 N–H and O–H groups in total. The lowest BCUT2D eigenvalue weighted by Gasteiger charge is -2.38. The van der Waals surface area contributed by atoms with E-state index < -0.39 is 28.8 Å². The van der Waals surface area contributed by atoms with Crippen molar-refractivity contribution in [1.29, 1.82) is 0 Å². The molecule has 7 heteroatoms. The number of amides is 1. The first-order valence-corrected chi connectivity index (χ1v) is 13.4. The lowest BCUT2D eigenvalue weighted by Crippen LogP contribution is -2.51. The Kier molecular flexibility index (Phi) is 5.74. The molecule has 1 spiro atoms. The number of halogens is 1. The van der Waals surface area contributed by atoms with Crippen molar-refractivity contribution in [3.8, 4) is 5.75 Å². The van der Waals surface area contributed by atoms with Crippen LogP contribution in [-0.4, -0.2) is 36.7 Å². The molecule has 1 fully saturated rings. The summed E-state index contributed by atoms with van der Waals surface area (Å²) in [5.74, 6) is -1.02. The quantitative estimate of drug-likeness (QED) is 0.415. The largest absolute Gasteiger partial charge is 0.497 e. The van der Waals surface area contributed by atoms with Gasteiger partial charge in [-0.25, -0.2) is 0 Å². The molecule has 0 aliphatic carbocycles. The van der Waals surface area contributed by atoms with Gasteiger partial charge in [0.05, 0.1) is 19.1 Å². The summed E-state index contributed by atoms with van der Waals surface area (Å²) in [6.45, 7) is 5.57. The molecule has 39 heavy (non-hydrogen) atoms. The normalized spacial score (nSPS) is 24.7. The van der Waals surface area contributed by atoms with Crippen LogP contribution < -0.4 is 15.0 Å². The second-order valence-electron chi connectivity index (χ2n) is 11.4. The summed E-state index contributed by atoms with van der Waals surface area (Å²) in [6, 6.07) is 18.4. The first kappa shape index (κ1) is 25.4. The summed E-state index contributed by atoms with van der Waals surface area (Å²) in [4.78, 5) is 45.3. The molecule has 0 bridgehead atoms. The van der Waals surface area contributed by atoms with Gasteiger partial charge in [-0.05, 0) is 59.7 Å². The molecule has 3 heterocycles. The third kappa shape index (κ3) is 3.58. The minimum Gasteiger partial charge on any atom is -0.497 e. The number of benzene rings is 3. The van der Waals surface area contributed by atoms with Gasteiger partial charge in [-0.15, -0.1) is 0 Å². The van der Waals surface area contributed by atoms with Gasteiger partial charge in [0.15, 0.2) is 11.6 Å². The highest BCUT2D eigenvalue weighted by Gasteiger charge is 2.70. The van der Waals surface area contributed by atoms with Gasteiger partial charge in [0, 0.05) is 27.4 Å². The van der Waals surface area contributed by atoms with E-state index in [1.165, 1.54) is 0 Å². The smallest absolute Gasteiger partial charge is 0.238 e. The van der Waals surface area contributed by atoms with E-state index in [9.17, 15) is 14.4 Å². The van der Waals surface area contributed by atoms with E-state index in [2.05, 4.69) is 5.32 Å². The van der Waals surface area contributed by atoms with Crippen LogP contribution in [0, 0.1) is 11.3 Å². The van der Waals surface area contributed by atoms with Gasteiger partial charge < -0.3 is 15.0 Å². The Bertz CT molecular complexity index is 1560. The van der Waals surface area contributed by atoms with Crippen molar-refractivity contribution >= 4 is 46.5 Å². The number of nitrogens with zero attached hydrogens (tertiary/aromatic N) is 1. The van der Waals surface area contributed by atoms with E-state index in [4.69, 9.17) is 16.3 Å². The van der Waals surface area contributed by atoms with E-state index in [1.807, 2.05) is 74.2 Å². The van der Waals surface area contributed by atoms with Gasteiger partial charge in [-0.1, -0.05) is 62.7 Å². The summed E-state index contributed by atoms with van der Waals surface area (Å²) in [5.41, 5.74) is 1.32. The Morgan fingerprint density at radius 1 is 1.03 bits per heavy atom. The molecule has 1 saturated heterocycles. The van der Waals surface area contributed by atoms with Crippen molar-refractivity contribution in [1.82, 2.24) is 0 Å². The maximum Gasteiger partial charge on any atom is 0.238 e. The summed E-state index contributed by atoms with van der Waals surface area (Å²) in [5, 5.41) is 3.61. The van der Waals surface area contributed by atoms with E-state index in [-0.39, 0.29) is 17.5 Å². The monoisotopic (exact) mass is 540 g/mol. The van der Waals surface area contributed by atoms with Crippen LogP contribution in [0.25, 0.3) is 6.08 Å². The van der Waals surface area contributed by atoms with E-state index in [0.717, 1.165) is 16.8 Å². The fourth-order valence-electron chi connectivity index (χ4n) is 6.53. The Labute approximate surface area is 232 Å². The number of methoxy groups -OCH3 is 1. The molecule has 198 valence electrons. The minimum atomic E-state index is -1.33. The summed E-state index contributed by atoms with van der Waals surface area (Å²) in [7, 11) is 1.56. The lowest BCUT2D eigenvalue weighted by atomic mass is 9.63. The predicted octanol–water partition coefficient (Wildman–Crippen LogP) is 5.94. The number of hydrogen-bond acceptors (Lipinski definition) is 5. The zero-order valence-corrected chi connectivity index (χ0v) is 23.0. The van der Waals surface area contributed by atoms with Gasteiger partial charge in [0.2, 0.25) is 5.91 Å². The van der Waals surface area contributed by atoms with Crippen molar-refractivity contribution in [2.45, 2.75) is 38.3 Å². The molecule has 0 radical (unpaired) electrons. The Morgan fingerprint density at radius 3 is 2.44 bits per heavy atom. The molecule has 0 saturated carbocycles. The van der Waals surface area contributed by atoms with Crippen molar-refractivity contribution in [2.75, 3.05) is 17.3 Å². The van der Waals surface area contributed by atoms with Gasteiger partial charge in [0.1, 0.15) is 17.2 Å². The number of carbonyl (C=O) groups is 3. The van der Waals surface area contributed by atoms with E-state index in [0.29, 0.717) is 22.0 Å². The van der Waals surface area contributed by atoms with E-state index >= 15 is 0 Å². The summed E-state index contributed by atoms with van der Waals surface area (Å²) in [6.07, 6.45) is 3.89. The Balaban J connectivity index is 1.66. The number of ether oxygens (including phenoxy) is 1. The maximum atomic E-state index is 14.7. The van der Waals surface area contributed by atoms with Crippen LogP contribution in [0.5, 0.6) is 5.75 Å². The summed E-state index contributed by atoms with van der Waals surface area (Å²) >= 11 is 6.34. The molecule has 4 atom stereocenters. The lowest BCUT2D eigenvalue weighted by molar-refractivity contribution is -0.128. The minimum absolute atomic E-state index is 0.107. The molecule has 0 unspecified atom stereocenters. The molecule has 3 aliphatic rings. The first-order valence-electron chi connectivity index (χ1n) is 13.0. The van der Waals surface area contributed by atoms with Crippen molar-refractivity contribution in [2.24, 2.45) is 11.3 Å². The number of carbonyl (C=O) groups excluding carboxylic acids is 3. The van der Waals surface area contributed by atoms with Crippen LogP contribution in [0.3, 0.4) is 0 Å². The van der Waals surface area contributed by atoms with Gasteiger partial charge in [-0.2, -0.15) is 0 Å². The highest BCUT2D eigenvalue weighted by Crippen LogP contribution is 2.58. The molecule has 1 amide bonds. The SMILES string of the molecule is COc1ccc(C(=O)[C@@H]2[C@H](C(=O)C(C)(C)C)N3c4ccc(Cl)cc4C=C[C@H]3[C@@]23C(=O)Nc2ccccc23)cc1. The third-order valence-electron chi connectivity index (χ3n) is 8.26. The number of hydrogen-bond donors (Lipinski definition) is 1. The molecule has 0 aromatic heterocycles. The van der Waals surface area contributed by atoms with Crippen LogP contribution >= 0.6 is 11.6 Å². The number of ketones is 2. The van der Waals surface area contributed by atoms with Crippen LogP contribution in [0.4, 0.5) is 11.4 Å². The number of Topliss-reactive ketones (excluding diaryl/α,β-unsaturated/α-hetero) is 2. The number of para-hydroxylation sites is 1. The van der Waals surface area contributed by atoms with Crippen molar-refractivity contribution < 1.29 is 19.1 Å². The fourth-order valence-corrected chi connectivity index (χ4v) is 6.71. The van der Waals surface area contributed by atoms with Crippen molar-refractivity contribution in [3.63, 3.8) is 0 Å². The van der Waals surface area contributed by atoms with Gasteiger partial charge in [0.25, 0.3) is 0 Å². The zero-order valence-electron chi connectivity index (χ0n) is 22.2. The molecule has 6 rings (SSSR count). The van der Waals surface area contributed by atoms with Gasteiger partial charge >= 0.3 is 0 Å². The molecule has 3 aromatic rings. The fraction of sp³-hybridized carbons (Fsp3) is 0.281. The second kappa shape index (κ2) is 8.82. The van der Waals surface area contributed by atoms with E-state index in [1.54, 1.807) is 37.4 Å². The number of rotatable bonds is 4. The average molecular weight is 541 g/mol. The average Bonchev–Trinajstić information content (AvgIpc) is 3.39. The number of fused-ring (bicyclic) bond motifs is 6. The van der Waals surface area contributed by atoms with Crippen LogP contribution in [0.15, 0.2) is 72.8 Å². The first-order chi connectivity index (χ1) is 18.6. The van der Waals surface area contributed by atoms with Crippen LogP contribution in [-0.2, 0) is 15.0 Å². The molecule has 3 aliphatic heterocycles. The van der Waals surface area contributed by atoms with Gasteiger partial charge in [-0.3, -0.25) is 14.4 Å². The topological polar surface area (TPSA) is 75.7 Å². The maximum absolute atomic E-state index is 14.7. The Hall–Kier alpha value is -3.90. The standard InChI is InChI=1S/C32H29ClN2O4/c1-31(2,3)29(37)27-26(28(36)18-9-13-21(39-4)14-10-18)32(22-7-5-6-8-23(22)34-30(32)38)25-16-11-19-17-20(33)12-15-24(19)35(25)27/h5-17,25-27H,1-4H3,(H,34,38)/t25-,26-,27+,32+/m0/s1. The molecule has 6 nitrogen and oxygen atoms in total. The number of nitrogens with one attached hydrogen (secondary N) is 1. The van der Waals surface area contributed by atoms with Crippen LogP contribution in [0.1, 0.15) is 42.3 Å². The zero-order chi connectivity index (χ0) is 27.7. The van der Waals surface area contributed by atoms with Crippen LogP contribution in [0.2, 0.25) is 5.02 Å². The summed E-state index contributed by atoms with van der Waals surface area (Å²) < 4.78 is 5.30.